The van der Waals surface area contributed by atoms with Gasteiger partial charge < -0.3 is 10.5 Å². The Morgan fingerprint density at radius 1 is 1.10 bits per heavy atom. The van der Waals surface area contributed by atoms with Crippen LogP contribution >= 0.6 is 0 Å². The molecule has 0 saturated carbocycles. The first-order valence-corrected chi connectivity index (χ1v) is 5.64. The van der Waals surface area contributed by atoms with E-state index in [4.69, 9.17) is 5.73 Å². The highest BCUT2D eigenvalue weighted by molar-refractivity contribution is 5.48. The first kappa shape index (κ1) is 16.6. The third kappa shape index (κ3) is 3.36. The van der Waals surface area contributed by atoms with E-state index in [2.05, 4.69) is 4.74 Å². The van der Waals surface area contributed by atoms with Crippen LogP contribution in [0.3, 0.4) is 0 Å². The van der Waals surface area contributed by atoms with Crippen molar-refractivity contribution in [2.24, 2.45) is 5.73 Å². The van der Waals surface area contributed by atoms with Gasteiger partial charge in [0, 0.05) is 11.6 Å². The molecule has 1 rings (SSSR count). The summed E-state index contributed by atoms with van der Waals surface area (Å²) in [6.07, 6.45) is -9.72. The van der Waals surface area contributed by atoms with E-state index in [-0.39, 0.29) is 12.5 Å². The van der Waals surface area contributed by atoms with E-state index >= 15 is 0 Å². The summed E-state index contributed by atoms with van der Waals surface area (Å²) in [5, 5.41) is 0. The molecule has 0 amide bonds. The molecule has 0 heterocycles. The van der Waals surface area contributed by atoms with Crippen LogP contribution in [-0.2, 0) is 12.4 Å². The molecule has 0 aliphatic heterocycles. The largest absolute Gasteiger partial charge is 0.496 e. The van der Waals surface area contributed by atoms with Gasteiger partial charge in [-0.3, -0.25) is 0 Å². The molecule has 1 aromatic carbocycles. The minimum Gasteiger partial charge on any atom is -0.496 e. The van der Waals surface area contributed by atoms with Crippen LogP contribution in [-0.4, -0.2) is 7.11 Å². The maximum absolute atomic E-state index is 13.0. The maximum atomic E-state index is 13.0. The molecule has 2 nitrogen and oxygen atoms in total. The normalized spacial score (nSPS) is 14.2. The summed E-state index contributed by atoms with van der Waals surface area (Å²) in [5.41, 5.74) is 2.26. The van der Waals surface area contributed by atoms with Crippen molar-refractivity contribution in [1.82, 2.24) is 0 Å². The van der Waals surface area contributed by atoms with Gasteiger partial charge in [0.1, 0.15) is 5.75 Å². The van der Waals surface area contributed by atoms with Crippen molar-refractivity contribution in [3.63, 3.8) is 0 Å². The summed E-state index contributed by atoms with van der Waals surface area (Å²) in [6, 6.07) is -0.475. The lowest BCUT2D eigenvalue weighted by atomic mass is 9.95. The summed E-state index contributed by atoms with van der Waals surface area (Å²) in [4.78, 5) is 0. The Labute approximate surface area is 111 Å². The number of alkyl halides is 6. The average molecular weight is 301 g/mol. The van der Waals surface area contributed by atoms with E-state index in [0.29, 0.717) is 6.07 Å². The number of benzene rings is 1. The van der Waals surface area contributed by atoms with Crippen molar-refractivity contribution in [3.8, 4) is 5.75 Å². The second-order valence-electron chi connectivity index (χ2n) is 4.15. The highest BCUT2D eigenvalue weighted by Crippen LogP contribution is 2.43. The molecule has 0 aromatic heterocycles. The molecular weight excluding hydrogens is 288 g/mol. The molecule has 2 N–H and O–H groups in total. The third-order valence-corrected chi connectivity index (χ3v) is 2.81. The molecule has 0 spiro atoms. The van der Waals surface area contributed by atoms with Gasteiger partial charge in [0.25, 0.3) is 0 Å². The van der Waals surface area contributed by atoms with Gasteiger partial charge in [-0.25, -0.2) is 0 Å². The molecule has 1 aromatic rings. The number of halogens is 6. The van der Waals surface area contributed by atoms with Gasteiger partial charge in [-0.1, -0.05) is 6.92 Å². The lowest BCUT2D eigenvalue weighted by Gasteiger charge is -2.22. The highest BCUT2D eigenvalue weighted by atomic mass is 19.4. The summed E-state index contributed by atoms with van der Waals surface area (Å²) < 4.78 is 81.4. The average Bonchev–Trinajstić information content (AvgIpc) is 2.33. The second kappa shape index (κ2) is 5.51. The zero-order chi connectivity index (χ0) is 15.7. The Balaban J connectivity index is 3.65. The van der Waals surface area contributed by atoms with Gasteiger partial charge in [0.05, 0.1) is 18.2 Å². The van der Waals surface area contributed by atoms with Crippen molar-refractivity contribution < 1.29 is 31.1 Å². The fourth-order valence-electron chi connectivity index (χ4n) is 1.78. The molecule has 20 heavy (non-hydrogen) atoms. The van der Waals surface area contributed by atoms with E-state index in [1.807, 2.05) is 0 Å². The maximum Gasteiger partial charge on any atom is 0.416 e. The van der Waals surface area contributed by atoms with Crippen LogP contribution in [0.25, 0.3) is 0 Å². The van der Waals surface area contributed by atoms with Crippen molar-refractivity contribution in [1.29, 1.82) is 0 Å². The number of hydrogen-bond donors (Lipinski definition) is 1. The Hall–Kier alpha value is -1.44. The van der Waals surface area contributed by atoms with E-state index in [1.54, 1.807) is 0 Å². The van der Waals surface area contributed by atoms with Gasteiger partial charge in [-0.15, -0.1) is 0 Å². The SMILES string of the molecule is CC[C@H](N)c1c(OC)cc(C(F)(F)F)cc1C(F)(F)F. The monoisotopic (exact) mass is 301 g/mol. The number of hydrogen-bond acceptors (Lipinski definition) is 2. The molecule has 8 heteroatoms. The fourth-order valence-corrected chi connectivity index (χ4v) is 1.78. The van der Waals surface area contributed by atoms with Crippen LogP contribution in [0, 0.1) is 0 Å². The number of nitrogens with two attached hydrogens (primary N) is 1. The number of ether oxygens (including phenoxy) is 1. The zero-order valence-corrected chi connectivity index (χ0v) is 10.7. The standard InChI is InChI=1S/C12H13F6NO/c1-3-8(19)10-7(12(16,17)18)4-6(11(13,14)15)5-9(10)20-2/h4-5,8H,3,19H2,1-2H3/t8-/m0/s1. The molecule has 0 unspecified atom stereocenters. The van der Waals surface area contributed by atoms with Gasteiger partial charge in [0.15, 0.2) is 0 Å². The molecule has 1 atom stereocenters. The molecule has 114 valence electrons. The Morgan fingerprint density at radius 2 is 1.65 bits per heavy atom. The molecule has 0 saturated heterocycles. The molecule has 0 aliphatic carbocycles. The van der Waals surface area contributed by atoms with Gasteiger partial charge in [-0.2, -0.15) is 26.3 Å². The first-order chi connectivity index (χ1) is 9.02. The highest BCUT2D eigenvalue weighted by Gasteiger charge is 2.40. The van der Waals surface area contributed by atoms with E-state index in [1.165, 1.54) is 6.92 Å². The van der Waals surface area contributed by atoms with Crippen LogP contribution in [0.15, 0.2) is 12.1 Å². The smallest absolute Gasteiger partial charge is 0.416 e. The third-order valence-electron chi connectivity index (χ3n) is 2.81. The number of methoxy groups -OCH3 is 1. The van der Waals surface area contributed by atoms with Gasteiger partial charge in [-0.05, 0) is 18.6 Å². The molecule has 0 radical (unpaired) electrons. The molecule has 0 fully saturated rings. The minimum atomic E-state index is -4.95. The summed E-state index contributed by atoms with van der Waals surface area (Å²) in [6.45, 7) is 1.53. The van der Waals surface area contributed by atoms with Crippen molar-refractivity contribution >= 4 is 0 Å². The van der Waals surface area contributed by atoms with Crippen LogP contribution in [0.4, 0.5) is 26.3 Å². The van der Waals surface area contributed by atoms with E-state index in [9.17, 15) is 26.3 Å². The van der Waals surface area contributed by atoms with Gasteiger partial charge >= 0.3 is 12.4 Å². The first-order valence-electron chi connectivity index (χ1n) is 5.64. The zero-order valence-electron chi connectivity index (χ0n) is 10.7. The lowest BCUT2D eigenvalue weighted by Crippen LogP contribution is -2.20. The van der Waals surface area contributed by atoms with Crippen LogP contribution in [0.1, 0.15) is 36.1 Å². The number of rotatable bonds is 3. The van der Waals surface area contributed by atoms with Gasteiger partial charge in [0.2, 0.25) is 0 Å². The van der Waals surface area contributed by atoms with Crippen molar-refractivity contribution in [2.45, 2.75) is 31.7 Å². The second-order valence-corrected chi connectivity index (χ2v) is 4.15. The Kier molecular flexibility index (Phi) is 4.58. The van der Waals surface area contributed by atoms with Crippen molar-refractivity contribution in [3.05, 3.63) is 28.8 Å². The predicted octanol–water partition coefficient (Wildman–Crippen LogP) is 4.14. The predicted molar refractivity (Wildman–Crippen MR) is 60.2 cm³/mol. The van der Waals surface area contributed by atoms with Crippen LogP contribution in [0.2, 0.25) is 0 Å². The molecule has 0 bridgehead atoms. The van der Waals surface area contributed by atoms with E-state index in [0.717, 1.165) is 7.11 Å². The summed E-state index contributed by atoms with van der Waals surface area (Å²) in [7, 11) is 1.00. The van der Waals surface area contributed by atoms with Crippen LogP contribution < -0.4 is 10.5 Å². The molecular formula is C12H13F6NO. The molecule has 0 aliphatic rings. The topological polar surface area (TPSA) is 35.2 Å². The Morgan fingerprint density at radius 3 is 2.00 bits per heavy atom. The Bertz CT molecular complexity index is 480. The fraction of sp³-hybridized carbons (Fsp3) is 0.500. The van der Waals surface area contributed by atoms with Crippen molar-refractivity contribution in [2.75, 3.05) is 7.11 Å². The summed E-state index contributed by atoms with van der Waals surface area (Å²) >= 11 is 0. The lowest BCUT2D eigenvalue weighted by molar-refractivity contribution is -0.143. The summed E-state index contributed by atoms with van der Waals surface area (Å²) in [5.74, 6) is -0.512. The van der Waals surface area contributed by atoms with E-state index < -0.39 is 40.8 Å². The quantitative estimate of drug-likeness (QED) is 0.851. The minimum absolute atomic E-state index is 0.0629. The van der Waals surface area contributed by atoms with Crippen LogP contribution in [0.5, 0.6) is 5.75 Å².